The predicted octanol–water partition coefficient (Wildman–Crippen LogP) is 6.69. The molecule has 1 amide bonds. The number of alkyl carbamates (subject to hydrolysis) is 1. The minimum absolute atomic E-state index is 0.0825. The first-order valence-electron chi connectivity index (χ1n) is 14.8. The third-order valence-corrected chi connectivity index (χ3v) is 6.90. The first kappa shape index (κ1) is 33.2. The number of aliphatic hydroxyl groups excluding tert-OH is 1. The molecule has 3 rings (SSSR count). The second-order valence-corrected chi connectivity index (χ2v) is 10.3. The second kappa shape index (κ2) is 18.3. The Balaban J connectivity index is 1.55. The maximum absolute atomic E-state index is 12.2. The molecule has 8 nitrogen and oxygen atoms in total. The Morgan fingerprint density at radius 1 is 0.907 bits per heavy atom. The van der Waals surface area contributed by atoms with Crippen LogP contribution in [0.2, 0.25) is 0 Å². The number of unbranched alkanes of at least 4 members (excludes halogenated alkanes) is 4. The van der Waals surface area contributed by atoms with Gasteiger partial charge < -0.3 is 25.0 Å². The van der Waals surface area contributed by atoms with E-state index in [-0.39, 0.29) is 13.0 Å². The van der Waals surface area contributed by atoms with Crippen LogP contribution in [0.1, 0.15) is 68.2 Å². The number of hydrogen-bond acceptors (Lipinski definition) is 6. The fourth-order valence-corrected chi connectivity index (χ4v) is 4.34. The van der Waals surface area contributed by atoms with E-state index in [1.165, 1.54) is 25.7 Å². The van der Waals surface area contributed by atoms with Gasteiger partial charge in [0.05, 0.1) is 12.6 Å². The van der Waals surface area contributed by atoms with Crippen LogP contribution < -0.4 is 10.1 Å². The lowest BCUT2D eigenvalue weighted by Crippen LogP contribution is -2.45. The molecule has 3 N–H and O–H groups in total. The maximum atomic E-state index is 12.2. The van der Waals surface area contributed by atoms with Crippen LogP contribution in [0.3, 0.4) is 0 Å². The van der Waals surface area contributed by atoms with Crippen LogP contribution in [0.4, 0.5) is 4.79 Å². The number of ether oxygens (including phenoxy) is 2. The Kier molecular flexibility index (Phi) is 14.1. The first-order chi connectivity index (χ1) is 20.9. The monoisotopic (exact) mass is 585 g/mol. The van der Waals surface area contributed by atoms with Crippen LogP contribution >= 0.6 is 0 Å². The number of amides is 1. The molecule has 0 aliphatic heterocycles. The molecule has 0 saturated heterocycles. The Labute approximate surface area is 254 Å². The summed E-state index contributed by atoms with van der Waals surface area (Å²) in [7, 11) is 0. The highest BCUT2D eigenvalue weighted by molar-refractivity contribution is 6.02. The largest absolute Gasteiger partial charge is 0.494 e. The SMILES string of the molecule is C=N/C(=N\C=C(/C)c1ccc(OCCCCCCC)cc1)c1ccc(C[C@H](NC(=O)OCc2ccccc2)C(O)O)cc1. The van der Waals surface area contributed by atoms with Gasteiger partial charge in [0.2, 0.25) is 0 Å². The lowest BCUT2D eigenvalue weighted by molar-refractivity contribution is -0.0660. The summed E-state index contributed by atoms with van der Waals surface area (Å²) in [6.07, 6.45) is 5.49. The van der Waals surface area contributed by atoms with E-state index in [1.807, 2.05) is 85.8 Å². The average Bonchev–Trinajstić information content (AvgIpc) is 3.03. The number of rotatable bonds is 16. The van der Waals surface area contributed by atoms with Gasteiger partial charge in [-0.15, -0.1) is 0 Å². The molecule has 0 spiro atoms. The minimum Gasteiger partial charge on any atom is -0.494 e. The lowest BCUT2D eigenvalue weighted by atomic mass is 10.0. The zero-order valence-electron chi connectivity index (χ0n) is 25.1. The van der Waals surface area contributed by atoms with Gasteiger partial charge in [0.15, 0.2) is 12.1 Å². The van der Waals surface area contributed by atoms with Gasteiger partial charge in [0, 0.05) is 11.8 Å². The molecule has 0 heterocycles. The topological polar surface area (TPSA) is 113 Å². The van der Waals surface area contributed by atoms with E-state index in [0.29, 0.717) is 5.84 Å². The van der Waals surface area contributed by atoms with Gasteiger partial charge in [0.1, 0.15) is 12.4 Å². The molecular formula is C35H43N3O5. The Morgan fingerprint density at radius 3 is 2.23 bits per heavy atom. The highest BCUT2D eigenvalue weighted by atomic mass is 16.5. The minimum atomic E-state index is -1.76. The maximum Gasteiger partial charge on any atom is 0.407 e. The van der Waals surface area contributed by atoms with E-state index in [2.05, 4.69) is 28.9 Å². The van der Waals surface area contributed by atoms with Gasteiger partial charge in [-0.1, -0.05) is 99.3 Å². The van der Waals surface area contributed by atoms with Crippen molar-refractivity contribution < 1.29 is 24.5 Å². The first-order valence-corrected chi connectivity index (χ1v) is 14.8. The van der Waals surface area contributed by atoms with Crippen molar-refractivity contribution in [1.82, 2.24) is 5.32 Å². The predicted molar refractivity (Wildman–Crippen MR) is 172 cm³/mol. The fraction of sp³-hybridized carbons (Fsp3) is 0.343. The molecule has 0 aliphatic rings. The summed E-state index contributed by atoms with van der Waals surface area (Å²) in [4.78, 5) is 20.9. The van der Waals surface area contributed by atoms with Crippen LogP contribution in [0.25, 0.3) is 5.57 Å². The molecular weight excluding hydrogens is 542 g/mol. The number of carbonyl (C=O) groups excluding carboxylic acids is 1. The Morgan fingerprint density at radius 2 is 1.58 bits per heavy atom. The Bertz CT molecular complexity index is 1320. The standard InChI is InChI=1S/C35H43N3O5/c1-4-5-6-7-11-22-42-31-20-18-29(19-21-31)26(2)24-37-33(36-3)30-16-14-27(15-17-30)23-32(34(39)40)38-35(41)43-25-28-12-9-8-10-13-28/h8-10,12-21,24,32,34,39-40H,3-7,11,22-23,25H2,1-2H3,(H,38,41)/b26-24+,37-33-/t32-/m0/s1. The van der Waals surface area contributed by atoms with E-state index >= 15 is 0 Å². The number of allylic oxidation sites excluding steroid dienone is 1. The summed E-state index contributed by atoms with van der Waals surface area (Å²) in [5.74, 6) is 1.31. The molecule has 0 fully saturated rings. The number of aliphatic hydroxyl groups is 2. The summed E-state index contributed by atoms with van der Waals surface area (Å²) < 4.78 is 11.1. The third kappa shape index (κ3) is 11.9. The molecule has 0 radical (unpaired) electrons. The fourth-order valence-electron chi connectivity index (χ4n) is 4.34. The highest BCUT2D eigenvalue weighted by Crippen LogP contribution is 2.20. The molecule has 1 atom stereocenters. The number of amidine groups is 1. The molecule has 3 aromatic rings. The quantitative estimate of drug-likeness (QED) is 0.0750. The van der Waals surface area contributed by atoms with Crippen molar-refractivity contribution in [2.45, 2.75) is 71.3 Å². The summed E-state index contributed by atoms with van der Waals surface area (Å²) in [5, 5.41) is 22.2. The van der Waals surface area contributed by atoms with Crippen molar-refractivity contribution in [2.75, 3.05) is 6.61 Å². The van der Waals surface area contributed by atoms with Gasteiger partial charge in [0.25, 0.3) is 0 Å². The van der Waals surface area contributed by atoms with Crippen molar-refractivity contribution >= 4 is 24.2 Å². The number of nitrogens with one attached hydrogen (secondary N) is 1. The van der Waals surface area contributed by atoms with E-state index < -0.39 is 18.4 Å². The van der Waals surface area contributed by atoms with Gasteiger partial charge >= 0.3 is 6.09 Å². The molecule has 0 aromatic heterocycles. The zero-order valence-corrected chi connectivity index (χ0v) is 25.1. The molecule has 8 heteroatoms. The molecule has 0 bridgehead atoms. The molecule has 43 heavy (non-hydrogen) atoms. The third-order valence-electron chi connectivity index (χ3n) is 6.90. The summed E-state index contributed by atoms with van der Waals surface area (Å²) in [5.41, 5.74) is 4.36. The van der Waals surface area contributed by atoms with E-state index in [4.69, 9.17) is 9.47 Å². The van der Waals surface area contributed by atoms with Gasteiger partial charge in [-0.25, -0.2) is 14.8 Å². The van der Waals surface area contributed by atoms with Crippen molar-refractivity contribution in [1.29, 1.82) is 0 Å². The van der Waals surface area contributed by atoms with Crippen LogP contribution in [-0.4, -0.2) is 47.8 Å². The van der Waals surface area contributed by atoms with Gasteiger partial charge in [-0.05, 0) is 60.9 Å². The smallest absolute Gasteiger partial charge is 0.407 e. The van der Waals surface area contributed by atoms with Gasteiger partial charge in [-0.3, -0.25) is 0 Å². The molecule has 228 valence electrons. The molecule has 3 aromatic carbocycles. The van der Waals surface area contributed by atoms with Crippen molar-refractivity contribution in [2.24, 2.45) is 9.98 Å². The van der Waals surface area contributed by atoms with Crippen LogP contribution in [0, 0.1) is 0 Å². The highest BCUT2D eigenvalue weighted by Gasteiger charge is 2.21. The van der Waals surface area contributed by atoms with Crippen molar-refractivity contribution in [3.63, 3.8) is 0 Å². The van der Waals surface area contributed by atoms with Crippen molar-refractivity contribution in [3.05, 3.63) is 107 Å². The Hall–Kier alpha value is -4.27. The van der Waals surface area contributed by atoms with E-state index in [9.17, 15) is 15.0 Å². The summed E-state index contributed by atoms with van der Waals surface area (Å²) in [6, 6.07) is 23.6. The van der Waals surface area contributed by atoms with Crippen molar-refractivity contribution in [3.8, 4) is 5.75 Å². The summed E-state index contributed by atoms with van der Waals surface area (Å²) in [6.45, 7) is 8.67. The summed E-state index contributed by atoms with van der Waals surface area (Å²) >= 11 is 0. The van der Waals surface area contributed by atoms with Gasteiger partial charge in [-0.2, -0.15) is 0 Å². The number of benzene rings is 3. The molecule has 0 unspecified atom stereocenters. The van der Waals surface area contributed by atoms with Crippen LogP contribution in [-0.2, 0) is 17.8 Å². The zero-order chi connectivity index (χ0) is 30.9. The number of nitrogens with zero attached hydrogens (tertiary/aromatic N) is 2. The van der Waals surface area contributed by atoms with Crippen LogP contribution in [0.5, 0.6) is 5.75 Å². The lowest BCUT2D eigenvalue weighted by Gasteiger charge is -2.20. The molecule has 0 saturated carbocycles. The van der Waals surface area contributed by atoms with E-state index in [0.717, 1.165) is 46.6 Å². The normalized spacial score (nSPS) is 12.6. The number of aliphatic imine (C=N–C) groups is 2. The number of hydrogen-bond donors (Lipinski definition) is 3. The van der Waals surface area contributed by atoms with Crippen LogP contribution in [0.15, 0.2) is 95.0 Å². The average molecular weight is 586 g/mol. The molecule has 0 aliphatic carbocycles. The number of carbonyl (C=O) groups is 1. The van der Waals surface area contributed by atoms with E-state index in [1.54, 1.807) is 6.20 Å². The second-order valence-electron chi connectivity index (χ2n) is 10.3.